The van der Waals surface area contributed by atoms with Crippen LogP contribution < -0.4 is 10.6 Å². The summed E-state index contributed by atoms with van der Waals surface area (Å²) < 4.78 is 1.62. The Kier molecular flexibility index (Phi) is 5.44. The summed E-state index contributed by atoms with van der Waals surface area (Å²) in [5, 5.41) is 5.82. The zero-order chi connectivity index (χ0) is 15.1. The van der Waals surface area contributed by atoms with Gasteiger partial charge in [0.2, 0.25) is 23.1 Å². The number of nitrogens with zero attached hydrogens (tertiary/aromatic N) is 5. The average molecular weight is 310 g/mol. The van der Waals surface area contributed by atoms with Crippen molar-refractivity contribution in [2.24, 2.45) is 0 Å². The second-order valence-electron chi connectivity index (χ2n) is 4.22. The van der Waals surface area contributed by atoms with Gasteiger partial charge in [-0.2, -0.15) is 15.0 Å². The van der Waals surface area contributed by atoms with Gasteiger partial charge in [-0.1, -0.05) is 6.92 Å². The first-order valence-corrected chi connectivity index (χ1v) is 6.97. The number of anilines is 1. The van der Waals surface area contributed by atoms with E-state index in [0.717, 1.165) is 6.42 Å². The zero-order valence-corrected chi connectivity index (χ0v) is 12.3. The maximum Gasteiger partial charge on any atom is 0.241 e. The van der Waals surface area contributed by atoms with Gasteiger partial charge < -0.3 is 10.6 Å². The average Bonchev–Trinajstić information content (AvgIpc) is 2.99. The van der Waals surface area contributed by atoms with Crippen LogP contribution in [-0.4, -0.2) is 43.5 Å². The molecule has 112 valence electrons. The Morgan fingerprint density at radius 2 is 2.19 bits per heavy atom. The second kappa shape index (κ2) is 7.53. The molecule has 0 saturated carbocycles. The lowest BCUT2D eigenvalue weighted by molar-refractivity contribution is -0.120. The van der Waals surface area contributed by atoms with Gasteiger partial charge in [0, 0.05) is 31.9 Å². The minimum atomic E-state index is -0.0145. The van der Waals surface area contributed by atoms with E-state index in [1.165, 1.54) is 0 Å². The largest absolute Gasteiger partial charge is 0.356 e. The molecule has 2 heterocycles. The molecule has 0 aliphatic rings. The van der Waals surface area contributed by atoms with Crippen LogP contribution in [0.1, 0.15) is 19.8 Å². The van der Waals surface area contributed by atoms with Gasteiger partial charge in [-0.15, -0.1) is 0 Å². The van der Waals surface area contributed by atoms with Crippen molar-refractivity contribution in [1.82, 2.24) is 29.8 Å². The highest BCUT2D eigenvalue weighted by Gasteiger charge is 2.07. The molecule has 0 unspecified atom stereocenters. The Hall–Kier alpha value is -2.22. The summed E-state index contributed by atoms with van der Waals surface area (Å²) in [4.78, 5) is 27.6. The van der Waals surface area contributed by atoms with Crippen molar-refractivity contribution in [2.75, 3.05) is 18.4 Å². The van der Waals surface area contributed by atoms with Crippen molar-refractivity contribution in [3.63, 3.8) is 0 Å². The number of amides is 1. The van der Waals surface area contributed by atoms with Gasteiger partial charge in [0.1, 0.15) is 6.33 Å². The number of imidazole rings is 1. The van der Waals surface area contributed by atoms with Crippen molar-refractivity contribution < 1.29 is 4.79 Å². The summed E-state index contributed by atoms with van der Waals surface area (Å²) in [6.07, 6.45) is 6.13. The molecular formula is C12H16ClN7O. The third-order valence-electron chi connectivity index (χ3n) is 2.54. The number of aromatic nitrogens is 5. The number of hydrogen-bond acceptors (Lipinski definition) is 6. The van der Waals surface area contributed by atoms with Crippen molar-refractivity contribution >= 4 is 23.5 Å². The Bertz CT molecular complexity index is 587. The summed E-state index contributed by atoms with van der Waals surface area (Å²) in [7, 11) is 0. The fraction of sp³-hybridized carbons (Fsp3) is 0.417. The molecule has 0 bridgehead atoms. The number of nitrogens with one attached hydrogen (secondary N) is 2. The Morgan fingerprint density at radius 3 is 2.90 bits per heavy atom. The third kappa shape index (κ3) is 4.67. The first-order valence-electron chi connectivity index (χ1n) is 6.59. The van der Waals surface area contributed by atoms with Crippen LogP contribution in [0.4, 0.5) is 5.95 Å². The molecule has 0 saturated heterocycles. The Labute approximate surface area is 127 Å². The molecular weight excluding hydrogens is 294 g/mol. The molecule has 8 nitrogen and oxygen atoms in total. The van der Waals surface area contributed by atoms with Crippen LogP contribution in [-0.2, 0) is 4.79 Å². The summed E-state index contributed by atoms with van der Waals surface area (Å²) in [6, 6.07) is 0. The van der Waals surface area contributed by atoms with Gasteiger partial charge in [-0.25, -0.2) is 4.98 Å². The molecule has 2 N–H and O–H groups in total. The molecule has 0 aliphatic carbocycles. The minimum Gasteiger partial charge on any atom is -0.356 e. The van der Waals surface area contributed by atoms with Gasteiger partial charge in [0.05, 0.1) is 0 Å². The number of carbonyl (C=O) groups excluding carboxylic acids is 1. The smallest absolute Gasteiger partial charge is 0.241 e. The highest BCUT2D eigenvalue weighted by molar-refractivity contribution is 6.28. The molecule has 0 fully saturated rings. The molecule has 9 heteroatoms. The van der Waals surface area contributed by atoms with Crippen molar-refractivity contribution in [3.05, 3.63) is 24.0 Å². The van der Waals surface area contributed by atoms with Gasteiger partial charge in [0.15, 0.2) is 0 Å². The van der Waals surface area contributed by atoms with E-state index >= 15 is 0 Å². The molecule has 0 spiro atoms. The third-order valence-corrected chi connectivity index (χ3v) is 2.71. The van der Waals surface area contributed by atoms with Gasteiger partial charge in [-0.3, -0.25) is 9.36 Å². The zero-order valence-electron chi connectivity index (χ0n) is 11.6. The number of carbonyl (C=O) groups is 1. The molecule has 2 aromatic heterocycles. The maximum absolute atomic E-state index is 11.5. The lowest BCUT2D eigenvalue weighted by Crippen LogP contribution is -2.26. The van der Waals surface area contributed by atoms with Gasteiger partial charge in [-0.05, 0) is 18.0 Å². The van der Waals surface area contributed by atoms with Crippen LogP contribution >= 0.6 is 11.6 Å². The minimum absolute atomic E-state index is 0.0145. The highest BCUT2D eigenvalue weighted by atomic mass is 35.5. The van der Waals surface area contributed by atoms with E-state index in [1.807, 2.05) is 6.92 Å². The fourth-order valence-electron chi connectivity index (χ4n) is 1.55. The molecule has 0 aliphatic heterocycles. The molecule has 1 amide bonds. The first-order chi connectivity index (χ1) is 10.2. The molecule has 2 rings (SSSR count). The molecule has 0 radical (unpaired) electrons. The van der Waals surface area contributed by atoms with E-state index in [1.54, 1.807) is 23.3 Å². The monoisotopic (exact) mass is 309 g/mol. The maximum atomic E-state index is 11.5. The topological polar surface area (TPSA) is 97.6 Å². The second-order valence-corrected chi connectivity index (χ2v) is 4.56. The van der Waals surface area contributed by atoms with Crippen LogP contribution in [0.25, 0.3) is 5.95 Å². The first kappa shape index (κ1) is 15.2. The highest BCUT2D eigenvalue weighted by Crippen LogP contribution is 2.09. The molecule has 2 aromatic rings. The van der Waals surface area contributed by atoms with Crippen LogP contribution in [0, 0.1) is 0 Å². The summed E-state index contributed by atoms with van der Waals surface area (Å²) >= 11 is 5.86. The Balaban J connectivity index is 1.93. The predicted octanol–water partition coefficient (Wildman–Crippen LogP) is 1.04. The van der Waals surface area contributed by atoms with Crippen molar-refractivity contribution in [2.45, 2.75) is 19.8 Å². The van der Waals surface area contributed by atoms with Gasteiger partial charge in [0.25, 0.3) is 0 Å². The quantitative estimate of drug-likeness (QED) is 0.793. The summed E-state index contributed by atoms with van der Waals surface area (Å²) in [6.45, 7) is 3.10. The number of hydrogen-bond donors (Lipinski definition) is 2. The fourth-order valence-corrected chi connectivity index (χ4v) is 1.71. The van der Waals surface area contributed by atoms with E-state index < -0.39 is 0 Å². The number of rotatable bonds is 7. The van der Waals surface area contributed by atoms with E-state index in [-0.39, 0.29) is 11.2 Å². The molecule has 21 heavy (non-hydrogen) atoms. The van der Waals surface area contributed by atoms with E-state index in [2.05, 4.69) is 30.6 Å². The number of halogens is 1. The van der Waals surface area contributed by atoms with Crippen LogP contribution in [0.5, 0.6) is 0 Å². The van der Waals surface area contributed by atoms with Crippen molar-refractivity contribution in [1.29, 1.82) is 0 Å². The summed E-state index contributed by atoms with van der Waals surface area (Å²) in [5.41, 5.74) is 0. The van der Waals surface area contributed by atoms with E-state index in [9.17, 15) is 4.79 Å². The standard InChI is InChI=1S/C12H16ClN7O/c1-2-4-15-9(21)3-5-16-11-17-10(13)18-12(19-11)20-7-6-14-8-20/h6-8H,2-5H2,1H3,(H,15,21)(H,16,17,18,19). The lowest BCUT2D eigenvalue weighted by Gasteiger charge is -2.07. The Morgan fingerprint density at radius 1 is 1.33 bits per heavy atom. The van der Waals surface area contributed by atoms with Crippen molar-refractivity contribution in [3.8, 4) is 5.95 Å². The van der Waals surface area contributed by atoms with Crippen LogP contribution in [0.2, 0.25) is 5.28 Å². The van der Waals surface area contributed by atoms with Gasteiger partial charge >= 0.3 is 0 Å². The van der Waals surface area contributed by atoms with E-state index in [4.69, 9.17) is 11.6 Å². The van der Waals surface area contributed by atoms with E-state index in [0.29, 0.717) is 31.4 Å². The SMILES string of the molecule is CCCNC(=O)CCNc1nc(Cl)nc(-n2ccnc2)n1. The predicted molar refractivity (Wildman–Crippen MR) is 78.4 cm³/mol. The van der Waals surface area contributed by atoms with Crippen LogP contribution in [0.3, 0.4) is 0 Å². The van der Waals surface area contributed by atoms with Crippen LogP contribution in [0.15, 0.2) is 18.7 Å². The molecule has 0 atom stereocenters. The summed E-state index contributed by atoms with van der Waals surface area (Å²) in [5.74, 6) is 0.673. The molecule has 0 aromatic carbocycles. The lowest BCUT2D eigenvalue weighted by atomic mass is 10.4. The normalized spacial score (nSPS) is 10.4.